The predicted octanol–water partition coefficient (Wildman–Crippen LogP) is 2.07. The SMILES string of the molecule is Nc1ncc(C(=O)NCCO)c2scc(COc3cccc(C(=O)NC4CC4)c3)c12. The molecule has 2 amide bonds. The van der Waals surface area contributed by atoms with Gasteiger partial charge >= 0.3 is 0 Å². The van der Waals surface area contributed by atoms with Crippen molar-refractivity contribution in [2.75, 3.05) is 18.9 Å². The van der Waals surface area contributed by atoms with E-state index in [1.807, 2.05) is 5.38 Å². The maximum atomic E-state index is 12.3. The van der Waals surface area contributed by atoms with Gasteiger partial charge in [0.15, 0.2) is 0 Å². The van der Waals surface area contributed by atoms with Crippen LogP contribution in [0, 0.1) is 0 Å². The zero-order valence-corrected chi connectivity index (χ0v) is 17.0. The molecule has 1 fully saturated rings. The van der Waals surface area contributed by atoms with Gasteiger partial charge in [-0.3, -0.25) is 9.59 Å². The first-order chi connectivity index (χ1) is 14.6. The number of thiophene rings is 1. The Morgan fingerprint density at radius 3 is 2.90 bits per heavy atom. The van der Waals surface area contributed by atoms with Crippen LogP contribution in [0.25, 0.3) is 10.1 Å². The first-order valence-electron chi connectivity index (χ1n) is 9.64. The van der Waals surface area contributed by atoms with Crippen LogP contribution in [0.4, 0.5) is 5.82 Å². The average Bonchev–Trinajstić information content (AvgIpc) is 3.46. The minimum absolute atomic E-state index is 0.101. The van der Waals surface area contributed by atoms with Gasteiger partial charge in [-0.15, -0.1) is 11.3 Å². The average molecular weight is 426 g/mol. The Morgan fingerprint density at radius 2 is 2.13 bits per heavy atom. The van der Waals surface area contributed by atoms with Gasteiger partial charge < -0.3 is 26.2 Å². The van der Waals surface area contributed by atoms with Gasteiger partial charge in [-0.2, -0.15) is 0 Å². The summed E-state index contributed by atoms with van der Waals surface area (Å²) >= 11 is 1.39. The Hall–Kier alpha value is -3.17. The standard InChI is InChI=1S/C21H22N4O4S/c22-19-17-13(11-30-18(17)16(9-24-19)21(28)23-6-7-26)10-29-15-3-1-2-12(8-15)20(27)25-14-4-5-14/h1-3,8-9,11,14,26H,4-7,10H2,(H2,22,24)(H,23,28)(H,25,27). The van der Waals surface area contributed by atoms with Gasteiger partial charge in [0, 0.05) is 35.3 Å². The second-order valence-corrected chi connectivity index (χ2v) is 7.95. The highest BCUT2D eigenvalue weighted by Gasteiger charge is 2.24. The van der Waals surface area contributed by atoms with E-state index >= 15 is 0 Å². The summed E-state index contributed by atoms with van der Waals surface area (Å²) in [6.07, 6.45) is 3.50. The van der Waals surface area contributed by atoms with E-state index in [1.165, 1.54) is 17.5 Å². The molecule has 5 N–H and O–H groups in total. The van der Waals surface area contributed by atoms with Crippen molar-refractivity contribution in [2.45, 2.75) is 25.5 Å². The van der Waals surface area contributed by atoms with Crippen LogP contribution < -0.4 is 21.1 Å². The molecule has 3 aromatic rings. The highest BCUT2D eigenvalue weighted by Crippen LogP contribution is 2.33. The lowest BCUT2D eigenvalue weighted by Crippen LogP contribution is -2.26. The number of nitrogen functional groups attached to an aromatic ring is 1. The predicted molar refractivity (Wildman–Crippen MR) is 115 cm³/mol. The van der Waals surface area contributed by atoms with Crippen molar-refractivity contribution in [2.24, 2.45) is 0 Å². The van der Waals surface area contributed by atoms with Crippen molar-refractivity contribution in [1.82, 2.24) is 15.6 Å². The number of rotatable bonds is 8. The van der Waals surface area contributed by atoms with E-state index in [-0.39, 0.29) is 31.6 Å². The molecule has 0 bridgehead atoms. The highest BCUT2D eigenvalue weighted by atomic mass is 32.1. The number of hydrogen-bond acceptors (Lipinski definition) is 7. The number of pyridine rings is 1. The number of aliphatic hydroxyl groups excluding tert-OH is 1. The number of nitrogens with two attached hydrogens (primary N) is 1. The van der Waals surface area contributed by atoms with Crippen LogP contribution in [0.15, 0.2) is 35.8 Å². The number of nitrogens with one attached hydrogen (secondary N) is 2. The van der Waals surface area contributed by atoms with E-state index in [9.17, 15) is 9.59 Å². The van der Waals surface area contributed by atoms with Crippen molar-refractivity contribution in [3.05, 3.63) is 52.5 Å². The molecule has 1 aliphatic rings. The Labute approximate surface area is 177 Å². The molecule has 0 unspecified atom stereocenters. The van der Waals surface area contributed by atoms with Crippen molar-refractivity contribution in [1.29, 1.82) is 0 Å². The lowest BCUT2D eigenvalue weighted by atomic mass is 10.1. The number of aromatic nitrogens is 1. The Balaban J connectivity index is 1.52. The number of aliphatic hydroxyl groups is 1. The van der Waals surface area contributed by atoms with Crippen molar-refractivity contribution in [3.8, 4) is 5.75 Å². The fourth-order valence-electron chi connectivity index (χ4n) is 3.05. The summed E-state index contributed by atoms with van der Waals surface area (Å²) in [5, 5.41) is 17.1. The number of fused-ring (bicyclic) bond motifs is 1. The van der Waals surface area contributed by atoms with Crippen LogP contribution in [0.3, 0.4) is 0 Å². The zero-order valence-electron chi connectivity index (χ0n) is 16.2. The molecule has 1 aliphatic carbocycles. The third-order valence-corrected chi connectivity index (χ3v) is 5.81. The molecule has 4 rings (SSSR count). The summed E-state index contributed by atoms with van der Waals surface area (Å²) in [6.45, 7) is 0.247. The van der Waals surface area contributed by atoms with E-state index in [0.29, 0.717) is 38.8 Å². The molecule has 0 spiro atoms. The monoisotopic (exact) mass is 426 g/mol. The fraction of sp³-hybridized carbons (Fsp3) is 0.286. The molecule has 156 valence electrons. The lowest BCUT2D eigenvalue weighted by Gasteiger charge is -2.09. The van der Waals surface area contributed by atoms with Crippen LogP contribution in [-0.4, -0.2) is 41.1 Å². The second-order valence-electron chi connectivity index (χ2n) is 7.07. The first-order valence-corrected chi connectivity index (χ1v) is 10.5. The number of carbonyl (C=O) groups is 2. The Kier molecular flexibility index (Phi) is 5.82. The quantitative estimate of drug-likeness (QED) is 0.437. The zero-order chi connectivity index (χ0) is 21.1. The molecule has 2 heterocycles. The minimum Gasteiger partial charge on any atom is -0.489 e. The summed E-state index contributed by atoms with van der Waals surface area (Å²) < 4.78 is 6.62. The molecule has 1 aromatic carbocycles. The number of nitrogens with zero attached hydrogens (tertiary/aromatic N) is 1. The van der Waals surface area contributed by atoms with Crippen LogP contribution >= 0.6 is 11.3 Å². The topological polar surface area (TPSA) is 127 Å². The van der Waals surface area contributed by atoms with Crippen molar-refractivity contribution in [3.63, 3.8) is 0 Å². The number of ether oxygens (including phenoxy) is 1. The minimum atomic E-state index is -0.315. The van der Waals surface area contributed by atoms with Crippen LogP contribution in [-0.2, 0) is 6.61 Å². The van der Waals surface area contributed by atoms with Gasteiger partial charge in [0.05, 0.1) is 16.9 Å². The van der Waals surface area contributed by atoms with Gasteiger partial charge in [-0.05, 0) is 36.4 Å². The van der Waals surface area contributed by atoms with E-state index in [1.54, 1.807) is 24.3 Å². The van der Waals surface area contributed by atoms with Gasteiger partial charge in [-0.25, -0.2) is 4.98 Å². The summed E-state index contributed by atoms with van der Waals surface area (Å²) in [5.74, 6) is 0.475. The van der Waals surface area contributed by atoms with Crippen molar-refractivity contribution < 1.29 is 19.4 Å². The molecular formula is C21H22N4O4S. The third-order valence-electron chi connectivity index (χ3n) is 4.75. The molecular weight excluding hydrogens is 404 g/mol. The Bertz CT molecular complexity index is 1090. The second kappa shape index (κ2) is 8.68. The van der Waals surface area contributed by atoms with E-state index in [2.05, 4.69) is 15.6 Å². The van der Waals surface area contributed by atoms with E-state index < -0.39 is 0 Å². The van der Waals surface area contributed by atoms with Crippen LogP contribution in [0.1, 0.15) is 39.1 Å². The van der Waals surface area contributed by atoms with Crippen LogP contribution in [0.2, 0.25) is 0 Å². The third kappa shape index (κ3) is 4.37. The maximum absolute atomic E-state index is 12.3. The highest BCUT2D eigenvalue weighted by molar-refractivity contribution is 7.17. The first kappa shape index (κ1) is 20.1. The summed E-state index contributed by atoms with van der Waals surface area (Å²) in [5.41, 5.74) is 7.84. The van der Waals surface area contributed by atoms with Gasteiger partial charge in [0.25, 0.3) is 11.8 Å². The largest absolute Gasteiger partial charge is 0.489 e. The molecule has 0 radical (unpaired) electrons. The van der Waals surface area contributed by atoms with Crippen molar-refractivity contribution >= 4 is 39.1 Å². The summed E-state index contributed by atoms with van der Waals surface area (Å²) in [6, 6.07) is 7.32. The molecule has 2 aromatic heterocycles. The molecule has 0 aliphatic heterocycles. The van der Waals surface area contributed by atoms with Gasteiger partial charge in [-0.1, -0.05) is 6.07 Å². The molecule has 0 atom stereocenters. The van der Waals surface area contributed by atoms with E-state index in [4.69, 9.17) is 15.6 Å². The number of amides is 2. The van der Waals surface area contributed by atoms with Gasteiger partial charge in [0.1, 0.15) is 18.2 Å². The molecule has 9 heteroatoms. The molecule has 1 saturated carbocycles. The molecule has 0 saturated heterocycles. The van der Waals surface area contributed by atoms with E-state index in [0.717, 1.165) is 18.4 Å². The number of anilines is 1. The fourth-order valence-corrected chi connectivity index (χ4v) is 4.12. The number of hydrogen-bond donors (Lipinski definition) is 4. The molecule has 8 nitrogen and oxygen atoms in total. The number of benzene rings is 1. The maximum Gasteiger partial charge on any atom is 0.254 e. The Morgan fingerprint density at radius 1 is 1.30 bits per heavy atom. The number of carbonyl (C=O) groups excluding carboxylic acids is 2. The normalized spacial score (nSPS) is 13.2. The smallest absolute Gasteiger partial charge is 0.254 e. The summed E-state index contributed by atoms with van der Waals surface area (Å²) in [4.78, 5) is 28.7. The lowest BCUT2D eigenvalue weighted by molar-refractivity contribution is 0.0940. The summed E-state index contributed by atoms with van der Waals surface area (Å²) in [7, 11) is 0. The molecule has 30 heavy (non-hydrogen) atoms. The van der Waals surface area contributed by atoms with Crippen LogP contribution in [0.5, 0.6) is 5.75 Å². The van der Waals surface area contributed by atoms with Gasteiger partial charge in [0.2, 0.25) is 0 Å².